The predicted molar refractivity (Wildman–Crippen MR) is 106 cm³/mol. The molecule has 0 fully saturated rings. The number of hydrogen-bond acceptors (Lipinski definition) is 1. The monoisotopic (exact) mass is 406 g/mol. The van der Waals surface area contributed by atoms with Crippen LogP contribution >= 0.6 is 0 Å². The van der Waals surface area contributed by atoms with Crippen molar-refractivity contribution in [2.75, 3.05) is 0 Å². The number of hydrogen-bond donors (Lipinski definition) is 0. The molecule has 0 heterocycles. The van der Waals surface area contributed by atoms with Gasteiger partial charge in [-0.25, -0.2) is 0 Å². The number of halogens is 4. The van der Waals surface area contributed by atoms with Gasteiger partial charge in [-0.2, -0.15) is 0 Å². The first-order valence-corrected chi connectivity index (χ1v) is 9.76. The molecule has 0 saturated carbocycles. The highest BCUT2D eigenvalue weighted by atomic mass is 32.2. The summed E-state index contributed by atoms with van der Waals surface area (Å²) in [5, 5.41) is 0. The Kier molecular flexibility index (Phi) is 7.87. The van der Waals surface area contributed by atoms with E-state index < -0.39 is 7.25 Å². The number of benzene rings is 3. The van der Waals surface area contributed by atoms with Gasteiger partial charge in [0.25, 0.3) is 0 Å². The number of rotatable bonds is 5. The normalized spacial score (nSPS) is 10.9. The highest BCUT2D eigenvalue weighted by Crippen LogP contribution is 2.31. The lowest BCUT2D eigenvalue weighted by Gasteiger charge is -2.08. The fraction of sp³-hybridized carbons (Fsp3) is 0.0952. The van der Waals surface area contributed by atoms with E-state index in [0.717, 1.165) is 5.56 Å². The molecule has 146 valence electrons. The molecule has 28 heavy (non-hydrogen) atoms. The Morgan fingerprint density at radius 1 is 0.714 bits per heavy atom. The molecule has 0 N–H and O–H groups in total. The largest absolute Gasteiger partial charge is 0.673 e. The van der Waals surface area contributed by atoms with Gasteiger partial charge in [-0.15, -0.1) is 0 Å². The molecule has 3 aromatic carbocycles. The lowest BCUT2D eigenvalue weighted by atomic mass is 10.1. The number of carbonyl (C=O) groups excluding carboxylic acids is 1. The maximum atomic E-state index is 11.3. The maximum absolute atomic E-state index is 11.3. The summed E-state index contributed by atoms with van der Waals surface area (Å²) in [4.78, 5) is 15.2. The second kappa shape index (κ2) is 10.1. The van der Waals surface area contributed by atoms with Crippen molar-refractivity contribution in [3.05, 3.63) is 90.5 Å². The summed E-state index contributed by atoms with van der Waals surface area (Å²) in [6, 6.07) is 29.6. The lowest BCUT2D eigenvalue weighted by molar-refractivity contribution is -0.116. The summed E-state index contributed by atoms with van der Waals surface area (Å²) in [5.74, 6) is 0.197. The van der Waals surface area contributed by atoms with Gasteiger partial charge in [0.2, 0.25) is 0 Å². The van der Waals surface area contributed by atoms with Gasteiger partial charge in [-0.05, 0) is 48.9 Å². The Morgan fingerprint density at radius 3 is 1.43 bits per heavy atom. The molecule has 0 amide bonds. The predicted octanol–water partition coefficient (Wildman–Crippen LogP) is 6.21. The van der Waals surface area contributed by atoms with E-state index in [1.807, 2.05) is 12.1 Å². The molecule has 0 aliphatic rings. The van der Waals surface area contributed by atoms with Crippen molar-refractivity contribution in [3.63, 3.8) is 0 Å². The minimum Gasteiger partial charge on any atom is -0.418 e. The van der Waals surface area contributed by atoms with Gasteiger partial charge >= 0.3 is 7.25 Å². The van der Waals surface area contributed by atoms with Gasteiger partial charge in [0.05, 0.1) is 10.9 Å². The summed E-state index contributed by atoms with van der Waals surface area (Å²) in [6.07, 6.45) is 0.505. The second-order valence-electron chi connectivity index (χ2n) is 5.95. The van der Waals surface area contributed by atoms with Crippen LogP contribution in [0.2, 0.25) is 0 Å². The van der Waals surface area contributed by atoms with Crippen molar-refractivity contribution in [2.45, 2.75) is 28.0 Å². The molecular formula is C21H19BF4OS. The quantitative estimate of drug-likeness (QED) is 0.280. The summed E-state index contributed by atoms with van der Waals surface area (Å²) < 4.78 is 39.0. The fourth-order valence-electron chi connectivity index (χ4n) is 2.55. The van der Waals surface area contributed by atoms with E-state index in [1.54, 1.807) is 6.92 Å². The number of ketones is 1. The Bertz CT molecular complexity index is 823. The van der Waals surface area contributed by atoms with Crippen LogP contribution in [-0.2, 0) is 22.1 Å². The zero-order valence-electron chi connectivity index (χ0n) is 15.2. The molecule has 0 aliphatic heterocycles. The van der Waals surface area contributed by atoms with Gasteiger partial charge in [0.1, 0.15) is 5.78 Å². The zero-order valence-corrected chi connectivity index (χ0v) is 16.0. The summed E-state index contributed by atoms with van der Waals surface area (Å²) in [6.45, 7) is 1.63. The Labute approximate surface area is 164 Å². The van der Waals surface area contributed by atoms with Crippen molar-refractivity contribution in [3.8, 4) is 0 Å². The smallest absolute Gasteiger partial charge is 0.418 e. The molecule has 0 bridgehead atoms. The van der Waals surface area contributed by atoms with Crippen molar-refractivity contribution >= 4 is 23.9 Å². The molecule has 3 aromatic rings. The maximum Gasteiger partial charge on any atom is 0.673 e. The van der Waals surface area contributed by atoms with E-state index in [0.29, 0.717) is 6.42 Å². The van der Waals surface area contributed by atoms with Crippen LogP contribution in [0.4, 0.5) is 17.3 Å². The van der Waals surface area contributed by atoms with Crippen LogP contribution in [0, 0.1) is 0 Å². The van der Waals surface area contributed by atoms with Crippen LogP contribution in [0.5, 0.6) is 0 Å². The average molecular weight is 406 g/mol. The van der Waals surface area contributed by atoms with Crippen LogP contribution in [0.25, 0.3) is 0 Å². The molecule has 0 saturated heterocycles. The molecule has 0 aliphatic carbocycles. The van der Waals surface area contributed by atoms with Crippen molar-refractivity contribution in [2.24, 2.45) is 0 Å². The Hall–Kier alpha value is -2.54. The van der Waals surface area contributed by atoms with Crippen LogP contribution < -0.4 is 0 Å². The molecule has 0 atom stereocenters. The van der Waals surface area contributed by atoms with Gasteiger partial charge in [-0.3, -0.25) is 4.79 Å². The number of Topliss-reactive ketones (excluding diaryl/α,β-unsaturated/α-hetero) is 1. The van der Waals surface area contributed by atoms with Gasteiger partial charge in [0, 0.05) is 6.42 Å². The molecule has 1 nitrogen and oxygen atoms in total. The van der Waals surface area contributed by atoms with Gasteiger partial charge < -0.3 is 17.3 Å². The molecular weight excluding hydrogens is 387 g/mol. The third-order valence-corrected chi connectivity index (χ3v) is 5.80. The van der Waals surface area contributed by atoms with Crippen molar-refractivity contribution < 1.29 is 22.1 Å². The topological polar surface area (TPSA) is 17.1 Å². The minimum atomic E-state index is -6.00. The van der Waals surface area contributed by atoms with E-state index in [-0.39, 0.29) is 16.7 Å². The van der Waals surface area contributed by atoms with E-state index in [9.17, 15) is 22.1 Å². The van der Waals surface area contributed by atoms with E-state index in [4.69, 9.17) is 0 Å². The number of carbonyl (C=O) groups is 1. The second-order valence-corrected chi connectivity index (χ2v) is 7.98. The van der Waals surface area contributed by atoms with E-state index in [1.165, 1.54) is 14.7 Å². The summed E-state index contributed by atoms with van der Waals surface area (Å²) in [5.41, 5.74) is 1.07. The van der Waals surface area contributed by atoms with Gasteiger partial charge in [-0.1, -0.05) is 48.5 Å². The molecule has 0 radical (unpaired) electrons. The van der Waals surface area contributed by atoms with Gasteiger partial charge in [0.15, 0.2) is 14.7 Å². The Balaban J connectivity index is 0.000000500. The fourth-order valence-corrected chi connectivity index (χ4v) is 4.64. The molecule has 3 rings (SSSR count). The zero-order chi connectivity index (χ0) is 20.6. The lowest BCUT2D eigenvalue weighted by Crippen LogP contribution is -2.05. The summed E-state index contributed by atoms with van der Waals surface area (Å²) >= 11 is 0. The highest BCUT2D eigenvalue weighted by molar-refractivity contribution is 7.97. The Morgan fingerprint density at radius 2 is 1.07 bits per heavy atom. The molecule has 0 unspecified atom stereocenters. The third-order valence-electron chi connectivity index (χ3n) is 3.57. The summed E-state index contributed by atoms with van der Waals surface area (Å²) in [7, 11) is -6.12. The molecule has 0 spiro atoms. The first-order valence-electron chi connectivity index (χ1n) is 8.54. The van der Waals surface area contributed by atoms with Crippen molar-refractivity contribution in [1.82, 2.24) is 0 Å². The minimum absolute atomic E-state index is 0.121. The van der Waals surface area contributed by atoms with E-state index >= 15 is 0 Å². The molecule has 7 heteroatoms. The van der Waals surface area contributed by atoms with E-state index in [2.05, 4.69) is 72.8 Å². The standard InChI is InChI=1S/C21H19OS.BF4/c1-17(22)16-18-12-14-21(15-13-18)23(19-8-4-2-5-9-19)20-10-6-3-7-11-20;2-1(3,4)5/h2-15H,16H2,1H3;/q+1;-1. The SMILES string of the molecule is CC(=O)Cc1ccc([S+](c2ccccc2)c2ccccc2)cc1.F[B-](F)(F)F. The van der Waals surface area contributed by atoms with Crippen LogP contribution in [-0.4, -0.2) is 13.0 Å². The first-order chi connectivity index (χ1) is 13.2. The van der Waals surface area contributed by atoms with Crippen LogP contribution in [0.3, 0.4) is 0 Å². The van der Waals surface area contributed by atoms with Crippen molar-refractivity contribution in [1.29, 1.82) is 0 Å². The van der Waals surface area contributed by atoms with Crippen LogP contribution in [0.15, 0.2) is 99.6 Å². The molecule has 0 aromatic heterocycles. The highest BCUT2D eigenvalue weighted by Gasteiger charge is 2.28. The first kappa shape index (κ1) is 21.8. The third kappa shape index (κ3) is 7.60. The average Bonchev–Trinajstić information content (AvgIpc) is 2.63. The van der Waals surface area contributed by atoms with Crippen LogP contribution in [0.1, 0.15) is 12.5 Å².